The lowest BCUT2D eigenvalue weighted by atomic mass is 10.1. The largest absolute Gasteiger partial charge is 0.453 e. The normalized spacial score (nSPS) is 10.4. The Morgan fingerprint density at radius 1 is 1.31 bits per heavy atom. The molecule has 0 amide bonds. The van der Waals surface area contributed by atoms with Crippen molar-refractivity contribution in [3.05, 3.63) is 46.7 Å². The van der Waals surface area contributed by atoms with Crippen LogP contribution in [-0.2, 0) is 0 Å². The smallest absolute Gasteiger partial charge is 0.168 e. The van der Waals surface area contributed by atoms with Crippen molar-refractivity contribution in [1.29, 1.82) is 5.41 Å². The van der Waals surface area contributed by atoms with Crippen LogP contribution in [0.5, 0.6) is 0 Å². The fourth-order valence-corrected chi connectivity index (χ4v) is 1.56. The number of nitrogens with one attached hydrogen (secondary N) is 1. The molecule has 0 radical (unpaired) electrons. The highest BCUT2D eigenvalue weighted by molar-refractivity contribution is 6.31. The fraction of sp³-hybridized carbons (Fsp3) is 0.0833. The van der Waals surface area contributed by atoms with Gasteiger partial charge < -0.3 is 10.2 Å². The van der Waals surface area contributed by atoms with Crippen LogP contribution in [0, 0.1) is 12.3 Å². The van der Waals surface area contributed by atoms with Gasteiger partial charge in [0.25, 0.3) is 0 Å². The average molecular weight is 235 g/mol. The number of furan rings is 1. The van der Waals surface area contributed by atoms with Crippen LogP contribution in [0.3, 0.4) is 0 Å². The van der Waals surface area contributed by atoms with E-state index in [1.807, 2.05) is 25.1 Å². The molecule has 4 heteroatoms. The van der Waals surface area contributed by atoms with Gasteiger partial charge in [-0.2, -0.15) is 0 Å². The SMILES string of the molecule is Cc1ccc(-c2ccc(C(=N)N)o2)cc1Cl. The standard InChI is InChI=1S/C12H11ClN2O/c1-7-2-3-8(6-9(7)13)10-4-5-11(16-10)12(14)15/h2-6H,1H3,(H3,14,15). The van der Waals surface area contributed by atoms with E-state index in [1.165, 1.54) is 0 Å². The zero-order valence-corrected chi connectivity index (χ0v) is 9.51. The minimum atomic E-state index is -0.0792. The van der Waals surface area contributed by atoms with Gasteiger partial charge in [0.2, 0.25) is 0 Å². The Labute approximate surface area is 98.3 Å². The summed E-state index contributed by atoms with van der Waals surface area (Å²) in [4.78, 5) is 0. The predicted molar refractivity (Wildman–Crippen MR) is 64.9 cm³/mol. The van der Waals surface area contributed by atoms with Crippen molar-refractivity contribution in [2.24, 2.45) is 5.73 Å². The molecule has 2 aromatic rings. The minimum absolute atomic E-state index is 0.0792. The molecule has 0 atom stereocenters. The molecular formula is C12H11ClN2O. The van der Waals surface area contributed by atoms with Crippen LogP contribution in [0.15, 0.2) is 34.7 Å². The number of nitrogen functional groups attached to an aromatic ring is 1. The van der Waals surface area contributed by atoms with E-state index in [9.17, 15) is 0 Å². The van der Waals surface area contributed by atoms with Gasteiger partial charge in [0.15, 0.2) is 11.6 Å². The number of benzene rings is 1. The molecule has 0 fully saturated rings. The lowest BCUT2D eigenvalue weighted by molar-refractivity contribution is 0.571. The summed E-state index contributed by atoms with van der Waals surface area (Å²) in [6, 6.07) is 9.13. The summed E-state index contributed by atoms with van der Waals surface area (Å²) in [6.07, 6.45) is 0. The van der Waals surface area contributed by atoms with Gasteiger partial charge in [0, 0.05) is 10.6 Å². The van der Waals surface area contributed by atoms with Crippen molar-refractivity contribution >= 4 is 17.4 Å². The Morgan fingerprint density at radius 3 is 2.62 bits per heavy atom. The van der Waals surface area contributed by atoms with E-state index in [2.05, 4.69) is 0 Å². The summed E-state index contributed by atoms with van der Waals surface area (Å²) in [5, 5.41) is 7.94. The van der Waals surface area contributed by atoms with Crippen molar-refractivity contribution in [2.75, 3.05) is 0 Å². The molecule has 1 heterocycles. The van der Waals surface area contributed by atoms with E-state index in [0.29, 0.717) is 16.5 Å². The van der Waals surface area contributed by atoms with Crippen molar-refractivity contribution in [3.8, 4) is 11.3 Å². The quantitative estimate of drug-likeness (QED) is 0.619. The second-order valence-corrected chi connectivity index (χ2v) is 3.95. The van der Waals surface area contributed by atoms with Crippen molar-refractivity contribution in [3.63, 3.8) is 0 Å². The Hall–Kier alpha value is -1.74. The van der Waals surface area contributed by atoms with Gasteiger partial charge in [-0.25, -0.2) is 0 Å². The van der Waals surface area contributed by atoms with Crippen LogP contribution in [0.2, 0.25) is 5.02 Å². The number of hydrogen-bond acceptors (Lipinski definition) is 2. The topological polar surface area (TPSA) is 63.0 Å². The fourth-order valence-electron chi connectivity index (χ4n) is 1.38. The lowest BCUT2D eigenvalue weighted by Gasteiger charge is -2.00. The van der Waals surface area contributed by atoms with Crippen molar-refractivity contribution < 1.29 is 4.42 Å². The van der Waals surface area contributed by atoms with E-state index in [-0.39, 0.29) is 5.84 Å². The third-order valence-electron chi connectivity index (χ3n) is 2.33. The van der Waals surface area contributed by atoms with E-state index in [0.717, 1.165) is 11.1 Å². The van der Waals surface area contributed by atoms with Gasteiger partial charge in [-0.3, -0.25) is 5.41 Å². The van der Waals surface area contributed by atoms with Crippen LogP contribution < -0.4 is 5.73 Å². The first-order chi connectivity index (χ1) is 7.58. The summed E-state index contributed by atoms with van der Waals surface area (Å²) in [5.74, 6) is 0.947. The van der Waals surface area contributed by atoms with Gasteiger partial charge in [-0.1, -0.05) is 23.7 Å². The van der Waals surface area contributed by atoms with Crippen LogP contribution in [0.25, 0.3) is 11.3 Å². The van der Waals surface area contributed by atoms with Gasteiger partial charge in [0.1, 0.15) is 5.76 Å². The van der Waals surface area contributed by atoms with Crippen LogP contribution in [0.4, 0.5) is 0 Å². The molecule has 0 aliphatic heterocycles. The van der Waals surface area contributed by atoms with E-state index < -0.39 is 0 Å². The second-order valence-electron chi connectivity index (χ2n) is 3.54. The highest BCUT2D eigenvalue weighted by atomic mass is 35.5. The summed E-state index contributed by atoms with van der Waals surface area (Å²) in [7, 11) is 0. The van der Waals surface area contributed by atoms with Gasteiger partial charge >= 0.3 is 0 Å². The van der Waals surface area contributed by atoms with Gasteiger partial charge in [-0.15, -0.1) is 0 Å². The molecule has 0 saturated heterocycles. The summed E-state index contributed by atoms with van der Waals surface area (Å²) >= 11 is 6.02. The van der Waals surface area contributed by atoms with Crippen LogP contribution in [-0.4, -0.2) is 5.84 Å². The highest BCUT2D eigenvalue weighted by Crippen LogP contribution is 2.26. The maximum atomic E-state index is 7.25. The van der Waals surface area contributed by atoms with E-state index in [4.69, 9.17) is 27.2 Å². The second kappa shape index (κ2) is 4.02. The first kappa shape index (κ1) is 10.8. The Kier molecular flexibility index (Phi) is 2.71. The molecule has 0 bridgehead atoms. The summed E-state index contributed by atoms with van der Waals surface area (Å²) in [6.45, 7) is 1.94. The molecule has 1 aromatic carbocycles. The molecule has 0 aliphatic rings. The number of rotatable bonds is 2. The molecule has 82 valence electrons. The molecule has 3 N–H and O–H groups in total. The molecule has 3 nitrogen and oxygen atoms in total. The van der Waals surface area contributed by atoms with E-state index >= 15 is 0 Å². The van der Waals surface area contributed by atoms with E-state index in [1.54, 1.807) is 12.1 Å². The monoisotopic (exact) mass is 234 g/mol. The number of hydrogen-bond donors (Lipinski definition) is 2. The molecule has 2 rings (SSSR count). The molecule has 16 heavy (non-hydrogen) atoms. The Balaban J connectivity index is 2.42. The number of amidine groups is 1. The molecular weight excluding hydrogens is 224 g/mol. The number of aryl methyl sites for hydroxylation is 1. The molecule has 0 saturated carbocycles. The number of halogens is 1. The minimum Gasteiger partial charge on any atom is -0.453 e. The summed E-state index contributed by atoms with van der Waals surface area (Å²) in [5.41, 5.74) is 7.22. The first-order valence-electron chi connectivity index (χ1n) is 4.78. The van der Waals surface area contributed by atoms with Crippen LogP contribution >= 0.6 is 11.6 Å². The molecule has 0 unspecified atom stereocenters. The Bertz CT molecular complexity index is 546. The zero-order chi connectivity index (χ0) is 11.7. The summed E-state index contributed by atoms with van der Waals surface area (Å²) < 4.78 is 5.42. The first-order valence-corrected chi connectivity index (χ1v) is 5.16. The maximum absolute atomic E-state index is 7.25. The van der Waals surface area contributed by atoms with Crippen molar-refractivity contribution in [2.45, 2.75) is 6.92 Å². The zero-order valence-electron chi connectivity index (χ0n) is 8.75. The predicted octanol–water partition coefficient (Wildman–Crippen LogP) is 3.19. The lowest BCUT2D eigenvalue weighted by Crippen LogP contribution is -2.09. The van der Waals surface area contributed by atoms with Gasteiger partial charge in [-0.05, 0) is 30.7 Å². The van der Waals surface area contributed by atoms with Crippen LogP contribution in [0.1, 0.15) is 11.3 Å². The van der Waals surface area contributed by atoms with Gasteiger partial charge in [0.05, 0.1) is 0 Å². The van der Waals surface area contributed by atoms with Crippen molar-refractivity contribution in [1.82, 2.24) is 0 Å². The molecule has 0 spiro atoms. The number of nitrogens with two attached hydrogens (primary N) is 1. The molecule has 1 aromatic heterocycles. The highest BCUT2D eigenvalue weighted by Gasteiger charge is 2.07. The average Bonchev–Trinajstić information content (AvgIpc) is 2.71. The maximum Gasteiger partial charge on any atom is 0.168 e. The third kappa shape index (κ3) is 1.95. The Morgan fingerprint density at radius 2 is 2.06 bits per heavy atom. The third-order valence-corrected chi connectivity index (χ3v) is 2.74. The molecule has 0 aliphatic carbocycles.